The van der Waals surface area contributed by atoms with Crippen molar-refractivity contribution in [1.82, 2.24) is 15.5 Å². The highest BCUT2D eigenvalue weighted by molar-refractivity contribution is 5.76. The van der Waals surface area contributed by atoms with Gasteiger partial charge in [0.25, 0.3) is 0 Å². The lowest BCUT2D eigenvalue weighted by Crippen LogP contribution is -2.43. The SMILES string of the molecule is COC1CCN(C(O)CC2=CCC=C(NC(=O)NC[C@@H]3C=CC(O)=CC3)C=C2)CC1. The molecular formula is C23H33N3O4. The summed E-state index contributed by atoms with van der Waals surface area (Å²) in [7, 11) is 1.74. The van der Waals surface area contributed by atoms with Gasteiger partial charge < -0.3 is 25.6 Å². The van der Waals surface area contributed by atoms with Gasteiger partial charge in [-0.25, -0.2) is 4.79 Å². The van der Waals surface area contributed by atoms with Crippen molar-refractivity contribution in [3.05, 3.63) is 59.6 Å². The molecule has 0 radical (unpaired) electrons. The average molecular weight is 416 g/mol. The molecule has 1 heterocycles. The summed E-state index contributed by atoms with van der Waals surface area (Å²) in [5.74, 6) is 0.464. The van der Waals surface area contributed by atoms with Crippen molar-refractivity contribution in [1.29, 1.82) is 0 Å². The first-order chi connectivity index (χ1) is 14.5. The molecule has 2 aliphatic carbocycles. The highest BCUT2D eigenvalue weighted by atomic mass is 16.5. The number of aliphatic hydroxyl groups excluding tert-OH is 2. The van der Waals surface area contributed by atoms with Gasteiger partial charge in [-0.05, 0) is 55.4 Å². The molecule has 4 N–H and O–H groups in total. The topological polar surface area (TPSA) is 94.1 Å². The number of allylic oxidation sites excluding steroid dienone is 6. The number of hydrogen-bond acceptors (Lipinski definition) is 5. The van der Waals surface area contributed by atoms with Crippen LogP contribution in [0.3, 0.4) is 0 Å². The zero-order valence-corrected chi connectivity index (χ0v) is 17.6. The van der Waals surface area contributed by atoms with Gasteiger partial charge in [-0.2, -0.15) is 0 Å². The molecule has 0 spiro atoms. The number of nitrogens with zero attached hydrogens (tertiary/aromatic N) is 1. The molecule has 2 atom stereocenters. The summed E-state index contributed by atoms with van der Waals surface area (Å²) in [4.78, 5) is 14.3. The molecule has 1 aliphatic heterocycles. The van der Waals surface area contributed by atoms with Crippen LogP contribution < -0.4 is 10.6 Å². The molecule has 164 valence electrons. The summed E-state index contributed by atoms with van der Waals surface area (Å²) in [6, 6.07) is -0.248. The maximum Gasteiger partial charge on any atom is 0.319 e. The molecule has 30 heavy (non-hydrogen) atoms. The average Bonchev–Trinajstić information content (AvgIpc) is 2.98. The Hall–Kier alpha value is -2.35. The highest BCUT2D eigenvalue weighted by Crippen LogP contribution is 2.20. The molecule has 7 nitrogen and oxygen atoms in total. The molecule has 3 rings (SSSR count). The third-order valence-electron chi connectivity index (χ3n) is 5.80. The largest absolute Gasteiger partial charge is 0.508 e. The standard InChI is InChI=1S/C23H33N3O4/c1-30-21-11-13-26(14-12-21)22(28)15-17-3-2-4-19(8-5-17)25-23(29)24-16-18-6-9-20(27)10-7-18/h3-6,8-10,18,21-22,27-28H,2,7,11-16H2,1H3,(H2,24,25,29)/t18-,22?/m1/s1. The van der Waals surface area contributed by atoms with E-state index in [1.807, 2.05) is 24.3 Å². The molecule has 3 aliphatic rings. The predicted octanol–water partition coefficient (Wildman–Crippen LogP) is 2.89. The van der Waals surface area contributed by atoms with E-state index in [1.54, 1.807) is 19.3 Å². The number of rotatable bonds is 7. The molecule has 0 bridgehead atoms. The van der Waals surface area contributed by atoms with Crippen LogP contribution in [-0.2, 0) is 4.74 Å². The predicted molar refractivity (Wildman–Crippen MR) is 117 cm³/mol. The quantitative estimate of drug-likeness (QED) is 0.513. The van der Waals surface area contributed by atoms with E-state index in [0.717, 1.165) is 37.2 Å². The van der Waals surface area contributed by atoms with Gasteiger partial charge in [0.15, 0.2) is 0 Å². The van der Waals surface area contributed by atoms with Gasteiger partial charge in [0.1, 0.15) is 12.0 Å². The van der Waals surface area contributed by atoms with E-state index in [1.165, 1.54) is 0 Å². The van der Waals surface area contributed by atoms with E-state index >= 15 is 0 Å². The number of methoxy groups -OCH3 is 1. The van der Waals surface area contributed by atoms with Gasteiger partial charge in [0.05, 0.1) is 6.10 Å². The van der Waals surface area contributed by atoms with Crippen LogP contribution in [-0.4, -0.2) is 60.2 Å². The summed E-state index contributed by atoms with van der Waals surface area (Å²) in [5.41, 5.74) is 1.80. The lowest BCUT2D eigenvalue weighted by Gasteiger charge is -2.34. The number of urea groups is 1. The second-order valence-corrected chi connectivity index (χ2v) is 7.98. The number of hydrogen-bond donors (Lipinski definition) is 4. The monoisotopic (exact) mass is 415 g/mol. The zero-order valence-electron chi connectivity index (χ0n) is 17.6. The van der Waals surface area contributed by atoms with Crippen molar-refractivity contribution in [2.24, 2.45) is 5.92 Å². The van der Waals surface area contributed by atoms with Gasteiger partial charge in [-0.15, -0.1) is 0 Å². The normalized spacial score (nSPS) is 23.8. The minimum Gasteiger partial charge on any atom is -0.508 e. The summed E-state index contributed by atoms with van der Waals surface area (Å²) >= 11 is 0. The molecule has 0 aromatic rings. The van der Waals surface area contributed by atoms with E-state index in [0.29, 0.717) is 31.9 Å². The second kappa shape index (κ2) is 11.2. The Morgan fingerprint density at radius 1 is 1.23 bits per heavy atom. The first-order valence-corrected chi connectivity index (χ1v) is 10.7. The molecule has 7 heteroatoms. The number of ether oxygens (including phenoxy) is 1. The first-order valence-electron chi connectivity index (χ1n) is 10.7. The van der Waals surface area contributed by atoms with Gasteiger partial charge in [-0.3, -0.25) is 4.90 Å². The molecule has 1 saturated heterocycles. The highest BCUT2D eigenvalue weighted by Gasteiger charge is 2.24. The number of likely N-dealkylation sites (tertiary alicyclic amines) is 1. The van der Waals surface area contributed by atoms with E-state index in [9.17, 15) is 15.0 Å². The molecule has 1 fully saturated rings. The van der Waals surface area contributed by atoms with Crippen LogP contribution in [0.25, 0.3) is 0 Å². The smallest absolute Gasteiger partial charge is 0.319 e. The van der Waals surface area contributed by atoms with Crippen molar-refractivity contribution < 1.29 is 19.7 Å². The Kier molecular flexibility index (Phi) is 8.30. The Morgan fingerprint density at radius 2 is 2.03 bits per heavy atom. The fourth-order valence-corrected chi connectivity index (χ4v) is 3.87. The minimum atomic E-state index is -0.506. The number of nitrogens with one attached hydrogen (secondary N) is 2. The molecular weight excluding hydrogens is 382 g/mol. The van der Waals surface area contributed by atoms with Crippen molar-refractivity contribution in [3.8, 4) is 0 Å². The van der Waals surface area contributed by atoms with Crippen LogP contribution in [0.1, 0.15) is 32.1 Å². The van der Waals surface area contributed by atoms with Crippen molar-refractivity contribution >= 4 is 6.03 Å². The summed E-state index contributed by atoms with van der Waals surface area (Å²) in [6.07, 6.45) is 16.9. The Balaban J connectivity index is 1.40. The van der Waals surface area contributed by atoms with Gasteiger partial charge >= 0.3 is 6.03 Å². The second-order valence-electron chi connectivity index (χ2n) is 7.98. The third kappa shape index (κ3) is 6.86. The van der Waals surface area contributed by atoms with Crippen LogP contribution in [0.4, 0.5) is 4.79 Å². The fraction of sp³-hybridized carbons (Fsp3) is 0.522. The minimum absolute atomic E-state index is 0.189. The summed E-state index contributed by atoms with van der Waals surface area (Å²) in [5, 5.41) is 25.7. The van der Waals surface area contributed by atoms with Crippen molar-refractivity contribution in [3.63, 3.8) is 0 Å². The number of carbonyl (C=O) groups excluding carboxylic acids is 1. The maximum atomic E-state index is 12.2. The van der Waals surface area contributed by atoms with Gasteiger partial charge in [-0.1, -0.05) is 24.3 Å². The number of amides is 2. The van der Waals surface area contributed by atoms with Crippen LogP contribution in [0, 0.1) is 5.92 Å². The zero-order chi connectivity index (χ0) is 21.3. The molecule has 2 amide bonds. The lowest BCUT2D eigenvalue weighted by molar-refractivity contribution is -0.0406. The molecule has 0 aromatic heterocycles. The van der Waals surface area contributed by atoms with E-state index in [-0.39, 0.29) is 17.7 Å². The van der Waals surface area contributed by atoms with E-state index in [4.69, 9.17) is 4.74 Å². The molecule has 0 aromatic carbocycles. The molecule has 0 saturated carbocycles. The van der Waals surface area contributed by atoms with Crippen LogP contribution >= 0.6 is 0 Å². The first kappa shape index (κ1) is 22.3. The number of aliphatic hydroxyl groups is 2. The van der Waals surface area contributed by atoms with Crippen LogP contribution in [0.2, 0.25) is 0 Å². The summed E-state index contributed by atoms with van der Waals surface area (Å²) in [6.45, 7) is 2.19. The van der Waals surface area contributed by atoms with E-state index < -0.39 is 6.23 Å². The fourth-order valence-electron chi connectivity index (χ4n) is 3.87. The van der Waals surface area contributed by atoms with Crippen molar-refractivity contribution in [2.45, 2.75) is 44.4 Å². The Bertz CT molecular complexity index is 746. The summed E-state index contributed by atoms with van der Waals surface area (Å²) < 4.78 is 5.39. The third-order valence-corrected chi connectivity index (χ3v) is 5.80. The van der Waals surface area contributed by atoms with Gasteiger partial charge in [0, 0.05) is 38.9 Å². The van der Waals surface area contributed by atoms with E-state index in [2.05, 4.69) is 21.6 Å². The van der Waals surface area contributed by atoms with Crippen LogP contribution in [0.5, 0.6) is 0 Å². The Labute approximate surface area is 178 Å². The molecule has 1 unspecified atom stereocenters. The number of carbonyl (C=O) groups is 1. The van der Waals surface area contributed by atoms with Crippen molar-refractivity contribution in [2.75, 3.05) is 26.7 Å². The lowest BCUT2D eigenvalue weighted by atomic mass is 10.0. The maximum absolute atomic E-state index is 12.2. The van der Waals surface area contributed by atoms with Gasteiger partial charge in [0.2, 0.25) is 0 Å². The number of piperidine rings is 1. The Morgan fingerprint density at radius 3 is 2.73 bits per heavy atom. The van der Waals surface area contributed by atoms with Crippen LogP contribution in [0.15, 0.2) is 59.6 Å².